The molecule has 1 saturated heterocycles. The van der Waals surface area contributed by atoms with E-state index in [0.29, 0.717) is 28.8 Å². The van der Waals surface area contributed by atoms with E-state index < -0.39 is 17.7 Å². The average Bonchev–Trinajstić information content (AvgIpc) is 3.20. The third kappa shape index (κ3) is 3.30. The molecule has 1 N–H and O–H groups in total. The van der Waals surface area contributed by atoms with Crippen LogP contribution in [0.1, 0.15) is 28.3 Å². The molecule has 3 heterocycles. The van der Waals surface area contributed by atoms with Crippen molar-refractivity contribution in [1.82, 2.24) is 14.9 Å². The summed E-state index contributed by atoms with van der Waals surface area (Å²) in [6.45, 7) is 0.534. The Kier molecular flexibility index (Phi) is 4.94. The number of ether oxygens (including phenoxy) is 1. The largest absolute Gasteiger partial charge is 0.448 e. The van der Waals surface area contributed by atoms with E-state index >= 15 is 0 Å². The standard InChI is InChI=1S/C22H18N4O3/c23-13-16-4-1-5-17(12-16)20(26-10-11-29-21(26)27)22(28,18-6-2-8-24-14-18)19-7-3-9-25-15-19/h1-9,12,14-15,20,28H,10-11H2. The fourth-order valence-corrected chi connectivity index (χ4v) is 3.72. The molecule has 2 aromatic heterocycles. The van der Waals surface area contributed by atoms with Crippen LogP contribution in [0.15, 0.2) is 73.3 Å². The van der Waals surface area contributed by atoms with E-state index in [1.807, 2.05) is 0 Å². The van der Waals surface area contributed by atoms with Crippen molar-refractivity contribution in [2.45, 2.75) is 11.6 Å². The number of rotatable bonds is 5. The van der Waals surface area contributed by atoms with Crippen molar-refractivity contribution in [3.05, 3.63) is 95.6 Å². The van der Waals surface area contributed by atoms with Gasteiger partial charge in [0.25, 0.3) is 0 Å². The van der Waals surface area contributed by atoms with Crippen molar-refractivity contribution in [2.24, 2.45) is 0 Å². The summed E-state index contributed by atoms with van der Waals surface area (Å²) in [5.41, 5.74) is 0.373. The molecule has 1 aliphatic heterocycles. The summed E-state index contributed by atoms with van der Waals surface area (Å²) >= 11 is 0. The molecule has 1 amide bonds. The van der Waals surface area contributed by atoms with Gasteiger partial charge in [0, 0.05) is 35.9 Å². The van der Waals surface area contributed by atoms with Gasteiger partial charge in [-0.2, -0.15) is 5.26 Å². The van der Waals surface area contributed by atoms with Crippen LogP contribution in [-0.2, 0) is 10.3 Å². The molecule has 7 heteroatoms. The molecular weight excluding hydrogens is 368 g/mol. The second-order valence-corrected chi connectivity index (χ2v) is 6.70. The predicted molar refractivity (Wildman–Crippen MR) is 103 cm³/mol. The van der Waals surface area contributed by atoms with Gasteiger partial charge in [-0.05, 0) is 29.8 Å². The summed E-state index contributed by atoms with van der Waals surface area (Å²) in [7, 11) is 0. The average molecular weight is 386 g/mol. The number of nitrogens with zero attached hydrogens (tertiary/aromatic N) is 4. The van der Waals surface area contributed by atoms with E-state index in [1.165, 1.54) is 4.90 Å². The number of nitriles is 1. The summed E-state index contributed by atoms with van der Waals surface area (Å²) in [4.78, 5) is 22.4. The zero-order chi connectivity index (χ0) is 20.3. The number of cyclic esters (lactones) is 1. The molecule has 0 bridgehead atoms. The van der Waals surface area contributed by atoms with Gasteiger partial charge in [-0.1, -0.05) is 24.3 Å². The highest BCUT2D eigenvalue weighted by atomic mass is 16.6. The molecule has 1 fully saturated rings. The van der Waals surface area contributed by atoms with E-state index in [-0.39, 0.29) is 6.61 Å². The van der Waals surface area contributed by atoms with Crippen LogP contribution >= 0.6 is 0 Å². The minimum atomic E-state index is -1.67. The van der Waals surface area contributed by atoms with Crippen molar-refractivity contribution < 1.29 is 14.6 Å². The molecule has 1 unspecified atom stereocenters. The highest BCUT2D eigenvalue weighted by Crippen LogP contribution is 2.45. The van der Waals surface area contributed by atoms with E-state index in [1.54, 1.807) is 73.3 Å². The number of hydrogen-bond acceptors (Lipinski definition) is 6. The maximum Gasteiger partial charge on any atom is 0.410 e. The Morgan fingerprint density at radius 3 is 2.31 bits per heavy atom. The lowest BCUT2D eigenvalue weighted by Gasteiger charge is -2.41. The van der Waals surface area contributed by atoms with Crippen LogP contribution in [0.4, 0.5) is 4.79 Å². The first kappa shape index (κ1) is 18.6. The maximum atomic E-state index is 12.5. The summed E-state index contributed by atoms with van der Waals surface area (Å²) < 4.78 is 5.17. The van der Waals surface area contributed by atoms with Gasteiger partial charge in [0.15, 0.2) is 0 Å². The zero-order valence-electron chi connectivity index (χ0n) is 15.5. The van der Waals surface area contributed by atoms with Gasteiger partial charge in [-0.3, -0.25) is 14.9 Å². The van der Waals surface area contributed by atoms with Gasteiger partial charge in [0.2, 0.25) is 0 Å². The first-order valence-corrected chi connectivity index (χ1v) is 9.11. The molecule has 0 aliphatic carbocycles. The minimum absolute atomic E-state index is 0.226. The van der Waals surface area contributed by atoms with Gasteiger partial charge in [0.1, 0.15) is 12.2 Å². The fraction of sp³-hybridized carbons (Fsp3) is 0.182. The number of amides is 1. The monoisotopic (exact) mass is 386 g/mol. The summed E-state index contributed by atoms with van der Waals surface area (Å²) in [6, 6.07) is 15.1. The van der Waals surface area contributed by atoms with Crippen LogP contribution < -0.4 is 0 Å². The Bertz CT molecular complexity index is 1010. The molecule has 7 nitrogen and oxygen atoms in total. The van der Waals surface area contributed by atoms with Crippen molar-refractivity contribution in [2.75, 3.05) is 13.2 Å². The van der Waals surface area contributed by atoms with Gasteiger partial charge < -0.3 is 9.84 Å². The van der Waals surface area contributed by atoms with Gasteiger partial charge >= 0.3 is 6.09 Å². The first-order valence-electron chi connectivity index (χ1n) is 9.11. The number of pyridine rings is 2. The third-order valence-electron chi connectivity index (χ3n) is 5.03. The molecular formula is C22H18N4O3. The van der Waals surface area contributed by atoms with Crippen molar-refractivity contribution in [1.29, 1.82) is 5.26 Å². The smallest absolute Gasteiger partial charge is 0.410 e. The maximum absolute atomic E-state index is 12.5. The molecule has 0 radical (unpaired) electrons. The number of carbonyl (C=O) groups is 1. The number of benzene rings is 1. The van der Waals surface area contributed by atoms with Crippen molar-refractivity contribution in [3.63, 3.8) is 0 Å². The lowest BCUT2D eigenvalue weighted by Crippen LogP contribution is -2.45. The Balaban J connectivity index is 1.98. The van der Waals surface area contributed by atoms with Crippen LogP contribution in [0.2, 0.25) is 0 Å². The number of hydrogen-bond donors (Lipinski definition) is 1. The molecule has 144 valence electrons. The van der Waals surface area contributed by atoms with E-state index in [9.17, 15) is 15.2 Å². The van der Waals surface area contributed by atoms with Crippen LogP contribution in [0.5, 0.6) is 0 Å². The second-order valence-electron chi connectivity index (χ2n) is 6.70. The fourth-order valence-electron chi connectivity index (χ4n) is 3.72. The zero-order valence-corrected chi connectivity index (χ0v) is 15.5. The van der Waals surface area contributed by atoms with Crippen LogP contribution in [-0.4, -0.2) is 39.2 Å². The lowest BCUT2D eigenvalue weighted by atomic mass is 9.77. The molecule has 29 heavy (non-hydrogen) atoms. The summed E-state index contributed by atoms with van der Waals surface area (Å²) in [5.74, 6) is 0. The molecule has 0 saturated carbocycles. The molecule has 1 atom stereocenters. The summed E-state index contributed by atoms with van der Waals surface area (Å²) in [5, 5.41) is 21.6. The van der Waals surface area contributed by atoms with Gasteiger partial charge in [-0.15, -0.1) is 0 Å². The Hall–Kier alpha value is -3.76. The third-order valence-corrected chi connectivity index (χ3v) is 5.03. The van der Waals surface area contributed by atoms with Crippen molar-refractivity contribution >= 4 is 6.09 Å². The van der Waals surface area contributed by atoms with Crippen LogP contribution in [0.25, 0.3) is 0 Å². The number of aliphatic hydroxyl groups is 1. The Morgan fingerprint density at radius 1 is 1.10 bits per heavy atom. The Morgan fingerprint density at radius 2 is 1.79 bits per heavy atom. The molecule has 1 aliphatic rings. The van der Waals surface area contributed by atoms with Crippen molar-refractivity contribution in [3.8, 4) is 6.07 Å². The highest BCUT2D eigenvalue weighted by Gasteiger charge is 2.48. The Labute approximate surface area is 167 Å². The van der Waals surface area contributed by atoms with Gasteiger partial charge in [-0.25, -0.2) is 4.79 Å². The molecule has 4 rings (SSSR count). The minimum Gasteiger partial charge on any atom is -0.448 e. The first-order chi connectivity index (χ1) is 14.1. The summed E-state index contributed by atoms with van der Waals surface area (Å²) in [6.07, 6.45) is 5.83. The van der Waals surface area contributed by atoms with E-state index in [2.05, 4.69) is 16.0 Å². The second kappa shape index (κ2) is 7.70. The lowest BCUT2D eigenvalue weighted by molar-refractivity contribution is -0.00467. The molecule has 3 aromatic rings. The SMILES string of the molecule is N#Cc1cccc(C(N2CCOC2=O)C(O)(c2cccnc2)c2cccnc2)c1. The van der Waals surface area contributed by atoms with Gasteiger partial charge in [0.05, 0.1) is 24.2 Å². The molecule has 0 spiro atoms. The van der Waals surface area contributed by atoms with E-state index in [0.717, 1.165) is 0 Å². The predicted octanol–water partition coefficient (Wildman–Crippen LogP) is 2.78. The number of carbonyl (C=O) groups excluding carboxylic acids is 1. The molecule has 1 aromatic carbocycles. The van der Waals surface area contributed by atoms with E-state index in [4.69, 9.17) is 4.74 Å². The topological polar surface area (TPSA) is 99.3 Å². The van der Waals surface area contributed by atoms with Crippen LogP contribution in [0.3, 0.4) is 0 Å². The number of aromatic nitrogens is 2. The van der Waals surface area contributed by atoms with Crippen LogP contribution in [0, 0.1) is 11.3 Å². The quantitative estimate of drug-likeness (QED) is 0.724. The highest BCUT2D eigenvalue weighted by molar-refractivity contribution is 5.71. The normalized spacial score (nSPS) is 14.9.